The Labute approximate surface area is 177 Å². The molecule has 0 spiro atoms. The number of carbonyl (C=O) groups is 2. The molecule has 2 aromatic rings. The Morgan fingerprint density at radius 3 is 2.38 bits per heavy atom. The Bertz CT molecular complexity index is 805. The lowest BCUT2D eigenvalue weighted by Gasteiger charge is -2.30. The number of nitrogens with one attached hydrogen (secondary N) is 1. The number of halogens is 1. The van der Waals surface area contributed by atoms with Crippen molar-refractivity contribution in [1.82, 2.24) is 15.1 Å². The Balaban J connectivity index is 1.70. The molecular weight excluding hydrogens is 386 g/mol. The van der Waals surface area contributed by atoms with Crippen LogP contribution < -0.4 is 5.32 Å². The van der Waals surface area contributed by atoms with Crippen molar-refractivity contribution in [3.05, 3.63) is 70.7 Å². The number of benzene rings is 2. The first-order chi connectivity index (χ1) is 14.0. The number of piperazine rings is 1. The molecule has 1 atom stereocenters. The van der Waals surface area contributed by atoms with Gasteiger partial charge in [0.15, 0.2) is 0 Å². The lowest BCUT2D eigenvalue weighted by Crippen LogP contribution is -2.47. The van der Waals surface area contributed by atoms with Gasteiger partial charge in [0, 0.05) is 56.3 Å². The van der Waals surface area contributed by atoms with Crippen LogP contribution in [0.4, 0.5) is 0 Å². The van der Waals surface area contributed by atoms with Gasteiger partial charge in [-0.1, -0.05) is 48.9 Å². The summed E-state index contributed by atoms with van der Waals surface area (Å²) in [4.78, 5) is 29.4. The Hall–Kier alpha value is -2.37. The van der Waals surface area contributed by atoms with Crippen molar-refractivity contribution in [2.75, 3.05) is 39.3 Å². The van der Waals surface area contributed by atoms with Crippen LogP contribution in [0.2, 0.25) is 5.02 Å². The molecule has 2 aromatic carbocycles. The topological polar surface area (TPSA) is 52.7 Å². The van der Waals surface area contributed by atoms with Gasteiger partial charge in [-0.15, -0.1) is 0 Å². The van der Waals surface area contributed by atoms with Gasteiger partial charge in [0.25, 0.3) is 5.91 Å². The molecule has 0 radical (unpaired) electrons. The van der Waals surface area contributed by atoms with Gasteiger partial charge in [-0.3, -0.25) is 9.59 Å². The fourth-order valence-corrected chi connectivity index (χ4v) is 3.70. The second-order valence-electron chi connectivity index (χ2n) is 7.45. The van der Waals surface area contributed by atoms with E-state index in [4.69, 9.17) is 11.6 Å². The van der Waals surface area contributed by atoms with E-state index in [2.05, 4.69) is 24.4 Å². The third-order valence-corrected chi connectivity index (χ3v) is 5.56. The molecule has 0 unspecified atom stereocenters. The molecule has 0 aromatic heterocycles. The van der Waals surface area contributed by atoms with Crippen molar-refractivity contribution in [2.24, 2.45) is 0 Å². The zero-order chi connectivity index (χ0) is 20.6. The summed E-state index contributed by atoms with van der Waals surface area (Å²) in [5.41, 5.74) is 1.76. The van der Waals surface area contributed by atoms with Crippen LogP contribution in [0.1, 0.15) is 35.2 Å². The molecule has 2 amide bonds. The minimum absolute atomic E-state index is 0.0717. The maximum Gasteiger partial charge on any atom is 0.253 e. The summed E-state index contributed by atoms with van der Waals surface area (Å²) in [6.07, 6.45) is 0.334. The van der Waals surface area contributed by atoms with Crippen LogP contribution >= 0.6 is 11.6 Å². The van der Waals surface area contributed by atoms with E-state index in [0.717, 1.165) is 26.2 Å². The van der Waals surface area contributed by atoms with E-state index in [9.17, 15) is 9.59 Å². The molecule has 0 saturated carbocycles. The van der Waals surface area contributed by atoms with E-state index in [-0.39, 0.29) is 17.7 Å². The van der Waals surface area contributed by atoms with Gasteiger partial charge in [-0.2, -0.15) is 0 Å². The standard InChI is InChI=1S/C23H28ClN3O2/c1-18(19-5-3-2-4-6-19)17-27(23(29)20-7-9-21(24)10-8-20)14-11-22(28)26-15-12-25-13-16-26/h2-10,18,25H,11-17H2,1H3/t18-/m1/s1. The van der Waals surface area contributed by atoms with Gasteiger partial charge in [0.05, 0.1) is 0 Å². The first kappa shape index (κ1) is 21.3. The summed E-state index contributed by atoms with van der Waals surface area (Å²) in [6.45, 7) is 6.17. The SMILES string of the molecule is C[C@H](CN(CCC(=O)N1CCNCC1)C(=O)c1ccc(Cl)cc1)c1ccccc1. The first-order valence-corrected chi connectivity index (χ1v) is 10.5. The van der Waals surface area contributed by atoms with Gasteiger partial charge < -0.3 is 15.1 Å². The van der Waals surface area contributed by atoms with Crippen molar-refractivity contribution < 1.29 is 9.59 Å². The average molecular weight is 414 g/mol. The highest BCUT2D eigenvalue weighted by molar-refractivity contribution is 6.30. The van der Waals surface area contributed by atoms with Crippen LogP contribution in [-0.2, 0) is 4.79 Å². The van der Waals surface area contributed by atoms with Crippen LogP contribution in [0.5, 0.6) is 0 Å². The predicted molar refractivity (Wildman–Crippen MR) is 116 cm³/mol. The molecule has 1 aliphatic rings. The zero-order valence-electron chi connectivity index (χ0n) is 16.8. The van der Waals surface area contributed by atoms with Gasteiger partial charge in [-0.25, -0.2) is 0 Å². The highest BCUT2D eigenvalue weighted by Crippen LogP contribution is 2.19. The van der Waals surface area contributed by atoms with Gasteiger partial charge >= 0.3 is 0 Å². The third-order valence-electron chi connectivity index (χ3n) is 5.31. The summed E-state index contributed by atoms with van der Waals surface area (Å²) in [6, 6.07) is 17.1. The Morgan fingerprint density at radius 1 is 1.07 bits per heavy atom. The van der Waals surface area contributed by atoms with E-state index >= 15 is 0 Å². The lowest BCUT2D eigenvalue weighted by molar-refractivity contribution is -0.131. The van der Waals surface area contributed by atoms with Gasteiger partial charge in [-0.05, 0) is 35.7 Å². The van der Waals surface area contributed by atoms with Crippen LogP contribution in [0.15, 0.2) is 54.6 Å². The van der Waals surface area contributed by atoms with Crippen molar-refractivity contribution in [3.63, 3.8) is 0 Å². The van der Waals surface area contributed by atoms with Gasteiger partial charge in [0.1, 0.15) is 0 Å². The molecule has 1 N–H and O–H groups in total. The smallest absolute Gasteiger partial charge is 0.253 e. The highest BCUT2D eigenvalue weighted by Gasteiger charge is 2.22. The maximum absolute atomic E-state index is 13.2. The number of carbonyl (C=O) groups excluding carboxylic acids is 2. The largest absolute Gasteiger partial charge is 0.340 e. The Kier molecular flexibility index (Phi) is 7.67. The predicted octanol–water partition coefficient (Wildman–Crippen LogP) is 3.41. The van der Waals surface area contributed by atoms with Crippen molar-refractivity contribution in [1.29, 1.82) is 0 Å². The number of hydrogen-bond acceptors (Lipinski definition) is 3. The van der Waals surface area contributed by atoms with Crippen LogP contribution in [0.3, 0.4) is 0 Å². The molecule has 3 rings (SSSR count). The maximum atomic E-state index is 13.2. The molecular formula is C23H28ClN3O2. The quantitative estimate of drug-likeness (QED) is 0.756. The average Bonchev–Trinajstić information content (AvgIpc) is 2.77. The molecule has 29 heavy (non-hydrogen) atoms. The third kappa shape index (κ3) is 6.05. The number of nitrogens with zero attached hydrogens (tertiary/aromatic N) is 2. The molecule has 5 nitrogen and oxygen atoms in total. The lowest BCUT2D eigenvalue weighted by atomic mass is 10.00. The van der Waals surface area contributed by atoms with E-state index in [1.54, 1.807) is 29.2 Å². The number of rotatable bonds is 7. The normalized spacial score (nSPS) is 15.0. The second-order valence-corrected chi connectivity index (χ2v) is 7.89. The van der Waals surface area contributed by atoms with E-state index < -0.39 is 0 Å². The Morgan fingerprint density at radius 2 is 1.72 bits per heavy atom. The van der Waals surface area contributed by atoms with E-state index in [0.29, 0.717) is 30.1 Å². The summed E-state index contributed by atoms with van der Waals surface area (Å²) >= 11 is 5.97. The first-order valence-electron chi connectivity index (χ1n) is 10.1. The summed E-state index contributed by atoms with van der Waals surface area (Å²) in [7, 11) is 0. The van der Waals surface area contributed by atoms with Crippen molar-refractivity contribution in [3.8, 4) is 0 Å². The molecule has 154 valence electrons. The minimum Gasteiger partial charge on any atom is -0.340 e. The summed E-state index contributed by atoms with van der Waals surface area (Å²) in [5.74, 6) is 0.201. The molecule has 1 aliphatic heterocycles. The molecule has 6 heteroatoms. The summed E-state index contributed by atoms with van der Waals surface area (Å²) < 4.78 is 0. The molecule has 1 fully saturated rings. The van der Waals surface area contributed by atoms with Crippen LogP contribution in [-0.4, -0.2) is 60.9 Å². The fourth-order valence-electron chi connectivity index (χ4n) is 3.57. The minimum atomic E-state index is -0.0717. The van der Waals surface area contributed by atoms with Crippen molar-refractivity contribution >= 4 is 23.4 Å². The van der Waals surface area contributed by atoms with Gasteiger partial charge in [0.2, 0.25) is 5.91 Å². The fraction of sp³-hybridized carbons (Fsp3) is 0.391. The van der Waals surface area contributed by atoms with Crippen molar-refractivity contribution in [2.45, 2.75) is 19.3 Å². The van der Waals surface area contributed by atoms with Crippen LogP contribution in [0.25, 0.3) is 0 Å². The van der Waals surface area contributed by atoms with E-state index in [1.807, 2.05) is 23.1 Å². The highest BCUT2D eigenvalue weighted by atomic mass is 35.5. The van der Waals surface area contributed by atoms with Crippen LogP contribution in [0, 0.1) is 0 Å². The second kappa shape index (κ2) is 10.4. The molecule has 0 aliphatic carbocycles. The molecule has 1 heterocycles. The number of amides is 2. The summed E-state index contributed by atoms with van der Waals surface area (Å²) in [5, 5.41) is 3.85. The zero-order valence-corrected chi connectivity index (χ0v) is 17.6. The monoisotopic (exact) mass is 413 g/mol. The molecule has 1 saturated heterocycles. The number of hydrogen-bond donors (Lipinski definition) is 1. The van der Waals surface area contributed by atoms with E-state index in [1.165, 1.54) is 5.56 Å². The molecule has 0 bridgehead atoms.